The van der Waals surface area contributed by atoms with E-state index < -0.39 is 22.5 Å². The van der Waals surface area contributed by atoms with E-state index in [1.165, 1.54) is 26.4 Å². The summed E-state index contributed by atoms with van der Waals surface area (Å²) in [6.07, 6.45) is 0. The third-order valence-electron chi connectivity index (χ3n) is 6.09. The summed E-state index contributed by atoms with van der Waals surface area (Å²) in [6, 6.07) is 20.7. The number of nitrogens with zero attached hydrogens (tertiary/aromatic N) is 2. The highest BCUT2D eigenvalue weighted by Crippen LogP contribution is 2.32. The lowest BCUT2D eigenvalue weighted by Gasteiger charge is -2.29. The molecule has 1 aliphatic rings. The van der Waals surface area contributed by atoms with Crippen LogP contribution in [-0.2, 0) is 26.1 Å². The maximum Gasteiger partial charge on any atom is 0.264 e. The summed E-state index contributed by atoms with van der Waals surface area (Å²) in [5.74, 6) is 0.423. The first kappa shape index (κ1) is 26.3. The number of hydrogen-bond donors (Lipinski definition) is 1. The van der Waals surface area contributed by atoms with E-state index in [2.05, 4.69) is 10.2 Å². The molecule has 3 aromatic rings. The average molecular weight is 526 g/mol. The number of rotatable bonds is 10. The molecule has 0 saturated carbocycles. The van der Waals surface area contributed by atoms with Gasteiger partial charge in [0.25, 0.3) is 10.0 Å². The van der Waals surface area contributed by atoms with Gasteiger partial charge in [-0.3, -0.25) is 9.10 Å². The van der Waals surface area contributed by atoms with Crippen LogP contribution in [0.3, 0.4) is 0 Å². The highest BCUT2D eigenvalue weighted by atomic mass is 32.2. The number of methoxy groups -OCH3 is 2. The van der Waals surface area contributed by atoms with E-state index in [-0.39, 0.29) is 17.1 Å². The van der Waals surface area contributed by atoms with Crippen molar-refractivity contribution in [2.75, 3.05) is 56.3 Å². The van der Waals surface area contributed by atoms with Gasteiger partial charge in [-0.15, -0.1) is 0 Å². The normalized spacial score (nSPS) is 13.6. The van der Waals surface area contributed by atoms with Crippen molar-refractivity contribution in [2.45, 2.75) is 11.4 Å². The van der Waals surface area contributed by atoms with Crippen LogP contribution in [0.2, 0.25) is 0 Å². The molecular weight excluding hydrogens is 494 g/mol. The third-order valence-corrected chi connectivity index (χ3v) is 7.86. The fourth-order valence-corrected chi connectivity index (χ4v) is 5.48. The van der Waals surface area contributed by atoms with E-state index in [4.69, 9.17) is 14.2 Å². The van der Waals surface area contributed by atoms with Gasteiger partial charge in [0.1, 0.15) is 18.0 Å². The second kappa shape index (κ2) is 12.0. The molecule has 4 rings (SSSR count). The van der Waals surface area contributed by atoms with Crippen LogP contribution in [0, 0.1) is 0 Å². The van der Waals surface area contributed by atoms with Crippen LogP contribution in [0.5, 0.6) is 11.5 Å². The molecule has 0 unspecified atom stereocenters. The molecule has 1 amide bonds. The molecule has 0 bridgehead atoms. The Bertz CT molecular complexity index is 1290. The first-order valence-corrected chi connectivity index (χ1v) is 13.3. The Balaban J connectivity index is 1.50. The summed E-state index contributed by atoms with van der Waals surface area (Å²) in [6.45, 7) is 2.96. The van der Waals surface area contributed by atoms with E-state index >= 15 is 0 Å². The molecule has 37 heavy (non-hydrogen) atoms. The molecule has 1 saturated heterocycles. The van der Waals surface area contributed by atoms with E-state index in [0.29, 0.717) is 24.7 Å². The Morgan fingerprint density at radius 3 is 2.27 bits per heavy atom. The highest BCUT2D eigenvalue weighted by molar-refractivity contribution is 7.92. The lowest BCUT2D eigenvalue weighted by Crippen LogP contribution is -2.40. The number of morpholine rings is 1. The van der Waals surface area contributed by atoms with Crippen LogP contribution in [-0.4, -0.2) is 61.4 Å². The quantitative estimate of drug-likeness (QED) is 0.435. The number of amides is 1. The van der Waals surface area contributed by atoms with Crippen molar-refractivity contribution in [2.24, 2.45) is 0 Å². The van der Waals surface area contributed by atoms with Crippen molar-refractivity contribution in [3.05, 3.63) is 78.4 Å². The Morgan fingerprint density at radius 2 is 1.62 bits per heavy atom. The molecule has 196 valence electrons. The maximum atomic E-state index is 13.6. The van der Waals surface area contributed by atoms with Crippen molar-refractivity contribution < 1.29 is 27.4 Å². The minimum absolute atomic E-state index is 0.0331. The maximum absolute atomic E-state index is 13.6. The SMILES string of the molecule is COc1ccc(S(=O)(=O)N(CC(=O)NCc2ccc(N3CCOCC3)cc2)c2ccccc2OC)cc1. The van der Waals surface area contributed by atoms with Crippen LogP contribution in [0.4, 0.5) is 11.4 Å². The molecule has 1 aliphatic heterocycles. The Labute approximate surface area is 217 Å². The largest absolute Gasteiger partial charge is 0.497 e. The monoisotopic (exact) mass is 525 g/mol. The van der Waals surface area contributed by atoms with E-state index in [1.807, 2.05) is 24.3 Å². The van der Waals surface area contributed by atoms with E-state index in [9.17, 15) is 13.2 Å². The molecular formula is C27H31N3O6S. The van der Waals surface area contributed by atoms with Crippen molar-refractivity contribution in [1.29, 1.82) is 0 Å². The highest BCUT2D eigenvalue weighted by Gasteiger charge is 2.29. The van der Waals surface area contributed by atoms with Gasteiger partial charge < -0.3 is 24.4 Å². The summed E-state index contributed by atoms with van der Waals surface area (Å²) in [4.78, 5) is 15.3. The third kappa shape index (κ3) is 6.33. The summed E-state index contributed by atoms with van der Waals surface area (Å²) in [5.41, 5.74) is 2.28. The molecule has 10 heteroatoms. The van der Waals surface area contributed by atoms with Gasteiger partial charge in [0.15, 0.2) is 0 Å². The molecule has 1 fully saturated rings. The summed E-state index contributed by atoms with van der Waals surface area (Å²) in [5, 5.41) is 2.84. The molecule has 0 spiro atoms. The smallest absolute Gasteiger partial charge is 0.264 e. The molecule has 1 heterocycles. The first-order valence-electron chi connectivity index (χ1n) is 11.9. The minimum atomic E-state index is -4.09. The van der Waals surface area contributed by atoms with Crippen LogP contribution in [0.25, 0.3) is 0 Å². The van der Waals surface area contributed by atoms with Crippen LogP contribution in [0.15, 0.2) is 77.7 Å². The summed E-state index contributed by atoms with van der Waals surface area (Å²) in [7, 11) is -1.13. The van der Waals surface area contributed by atoms with Gasteiger partial charge in [0.2, 0.25) is 5.91 Å². The van der Waals surface area contributed by atoms with Gasteiger partial charge in [-0.25, -0.2) is 8.42 Å². The minimum Gasteiger partial charge on any atom is -0.497 e. The van der Waals surface area contributed by atoms with Gasteiger partial charge in [0.05, 0.1) is 38.0 Å². The molecule has 0 radical (unpaired) electrons. The van der Waals surface area contributed by atoms with Gasteiger partial charge in [-0.1, -0.05) is 24.3 Å². The topological polar surface area (TPSA) is 97.4 Å². The number of para-hydroxylation sites is 2. The van der Waals surface area contributed by atoms with Crippen LogP contribution >= 0.6 is 0 Å². The van der Waals surface area contributed by atoms with Crippen LogP contribution in [0.1, 0.15) is 5.56 Å². The van der Waals surface area contributed by atoms with Gasteiger partial charge in [-0.2, -0.15) is 0 Å². The molecule has 1 N–H and O–H groups in total. The Kier molecular flexibility index (Phi) is 8.52. The van der Waals surface area contributed by atoms with Crippen molar-refractivity contribution >= 4 is 27.3 Å². The average Bonchev–Trinajstić information content (AvgIpc) is 2.95. The van der Waals surface area contributed by atoms with E-state index in [0.717, 1.165) is 28.6 Å². The standard InChI is InChI=1S/C27H31N3O6S/c1-34-23-11-13-24(14-12-23)37(32,33)30(25-5-3-4-6-26(25)35-2)20-27(31)28-19-21-7-9-22(10-8-21)29-15-17-36-18-16-29/h3-14H,15-20H2,1-2H3,(H,28,31). The number of ether oxygens (including phenoxy) is 3. The predicted molar refractivity (Wildman–Crippen MR) is 142 cm³/mol. The number of sulfonamides is 1. The number of carbonyl (C=O) groups excluding carboxylic acids is 1. The predicted octanol–water partition coefficient (Wildman–Crippen LogP) is 3.05. The lowest BCUT2D eigenvalue weighted by atomic mass is 10.2. The number of anilines is 2. The second-order valence-corrected chi connectivity index (χ2v) is 10.3. The van der Waals surface area contributed by atoms with Gasteiger partial charge in [0, 0.05) is 25.3 Å². The molecule has 0 aliphatic carbocycles. The zero-order valence-electron chi connectivity index (χ0n) is 20.9. The summed E-state index contributed by atoms with van der Waals surface area (Å²) >= 11 is 0. The fourth-order valence-electron chi connectivity index (χ4n) is 4.04. The van der Waals surface area contributed by atoms with Crippen molar-refractivity contribution in [1.82, 2.24) is 5.32 Å². The summed E-state index contributed by atoms with van der Waals surface area (Å²) < 4.78 is 44.3. The zero-order chi connectivity index (χ0) is 26.3. The van der Waals surface area contributed by atoms with Crippen molar-refractivity contribution in [3.8, 4) is 11.5 Å². The van der Waals surface area contributed by atoms with Crippen molar-refractivity contribution in [3.63, 3.8) is 0 Å². The number of nitrogens with one attached hydrogen (secondary N) is 1. The van der Waals surface area contributed by atoms with E-state index in [1.54, 1.807) is 36.4 Å². The first-order chi connectivity index (χ1) is 17.9. The van der Waals surface area contributed by atoms with Gasteiger partial charge in [-0.05, 0) is 54.1 Å². The molecule has 0 aromatic heterocycles. The lowest BCUT2D eigenvalue weighted by molar-refractivity contribution is -0.119. The number of carbonyl (C=O) groups is 1. The molecule has 9 nitrogen and oxygen atoms in total. The Morgan fingerprint density at radius 1 is 0.946 bits per heavy atom. The number of benzene rings is 3. The Hall–Kier alpha value is -3.76. The zero-order valence-corrected chi connectivity index (χ0v) is 21.7. The second-order valence-electron chi connectivity index (χ2n) is 8.40. The number of hydrogen-bond acceptors (Lipinski definition) is 7. The molecule has 0 atom stereocenters. The van der Waals surface area contributed by atoms with Gasteiger partial charge >= 0.3 is 0 Å². The fraction of sp³-hybridized carbons (Fsp3) is 0.296. The molecule has 3 aromatic carbocycles. The van der Waals surface area contributed by atoms with Crippen LogP contribution < -0.4 is 24.0 Å².